The molecule has 0 atom stereocenters. The zero-order valence-corrected chi connectivity index (χ0v) is 56.3. The summed E-state index contributed by atoms with van der Waals surface area (Å²) in [4.78, 5) is 5.23. The highest BCUT2D eigenvalue weighted by atomic mass is 16.5. The molecule has 0 unspecified atom stereocenters. The van der Waals surface area contributed by atoms with Gasteiger partial charge in [0.2, 0.25) is 0 Å². The van der Waals surface area contributed by atoms with Crippen LogP contribution in [0.5, 0.6) is 11.5 Å². The van der Waals surface area contributed by atoms with Gasteiger partial charge < -0.3 is 19.1 Å². The summed E-state index contributed by atoms with van der Waals surface area (Å²) < 4.78 is 10.4. The van der Waals surface area contributed by atoms with Gasteiger partial charge in [-0.2, -0.15) is 0 Å². The minimum atomic E-state index is -0.603. The van der Waals surface area contributed by atoms with Gasteiger partial charge in [0.15, 0.2) is 0 Å². The Bertz CT molecular complexity index is 5400. The van der Waals surface area contributed by atoms with Crippen molar-refractivity contribution in [2.75, 3.05) is 9.80 Å². The van der Waals surface area contributed by atoms with Gasteiger partial charge in [-0.1, -0.05) is 263 Å². The number of fused-ring (bicyclic) bond motifs is 25. The number of rotatable bonds is 3. The SMILES string of the molecule is CC(C)(C)c1ccc2c(c1)B1c3c(cc(-c4c(N5c6ccccc6C6(c7ccccc7-c7ccccc76)c6ccccc65)cccc4N4c5ccccc5C5(c6ccccc6-c6ccccc65)c5ccccc54)cc3-n3c4ccc(C(C)(C)C)cc4c4cc(C(C)(C)C)cc1c43)O2. The lowest BCUT2D eigenvalue weighted by atomic mass is 9.34. The zero-order chi connectivity index (χ0) is 65.4. The van der Waals surface area contributed by atoms with Crippen LogP contribution < -0.4 is 30.9 Å². The molecule has 5 heterocycles. The minimum Gasteiger partial charge on any atom is -0.458 e. The van der Waals surface area contributed by atoms with Crippen LogP contribution in [-0.4, -0.2) is 11.3 Å². The van der Waals surface area contributed by atoms with Gasteiger partial charge in [0, 0.05) is 27.5 Å². The number of hydrogen-bond donors (Lipinski definition) is 0. The molecule has 13 aromatic carbocycles. The highest BCUT2D eigenvalue weighted by Gasteiger charge is 2.54. The summed E-state index contributed by atoms with van der Waals surface area (Å²) in [5, 5.41) is 2.56. The van der Waals surface area contributed by atoms with Gasteiger partial charge in [-0.3, -0.25) is 0 Å². The molecule has 4 aliphatic heterocycles. The summed E-state index contributed by atoms with van der Waals surface area (Å²) in [7, 11) is 0. The molecule has 0 amide bonds. The van der Waals surface area contributed by atoms with E-state index in [1.54, 1.807) is 0 Å². The minimum absolute atomic E-state index is 0.0705. The van der Waals surface area contributed by atoms with Crippen molar-refractivity contribution < 1.29 is 4.74 Å². The van der Waals surface area contributed by atoms with E-state index in [9.17, 15) is 0 Å². The molecule has 0 N–H and O–H groups in total. The van der Waals surface area contributed by atoms with Crippen molar-refractivity contribution >= 4 is 79.0 Å². The van der Waals surface area contributed by atoms with Crippen molar-refractivity contribution in [1.29, 1.82) is 0 Å². The summed E-state index contributed by atoms with van der Waals surface area (Å²) in [6.07, 6.45) is 0. The van der Waals surface area contributed by atoms with Crippen LogP contribution in [0.15, 0.2) is 273 Å². The number of benzene rings is 13. The Morgan fingerprint density at radius 1 is 0.309 bits per heavy atom. The van der Waals surface area contributed by atoms with Crippen molar-refractivity contribution in [3.8, 4) is 50.6 Å². The average molecular weight is 1250 g/mol. The first kappa shape index (κ1) is 56.5. The largest absolute Gasteiger partial charge is 0.458 e. The molecule has 5 heteroatoms. The molecule has 4 nitrogen and oxygen atoms in total. The maximum atomic E-state index is 7.73. The molecular weight excluding hydrogens is 1170 g/mol. The summed E-state index contributed by atoms with van der Waals surface area (Å²) in [5.74, 6) is 1.77. The third-order valence-electron chi connectivity index (χ3n) is 22.9. The Kier molecular flexibility index (Phi) is 11.3. The Morgan fingerprint density at radius 2 is 0.691 bits per heavy atom. The Hall–Kier alpha value is -10.9. The highest BCUT2D eigenvalue weighted by molar-refractivity contribution is 6.99. The second kappa shape index (κ2) is 19.4. The molecular formula is C92H72BN3O. The van der Waals surface area contributed by atoms with Gasteiger partial charge in [-0.05, 0) is 194 Å². The molecule has 2 aliphatic carbocycles. The standard InChI is InChI=1S/C92H72BN3O/c1-88(2,3)56-45-47-75-63(51-56)64-52-58(90(7,8)9)54-74-87(64)96(75)82-49-55(50-84-86(82)93(74)73-53-57(89(4,5)6)46-48-83(73)97-84)85-80(94-76-39-22-18-35-69(76)91(70-36-19-23-40-77(70)94)65-31-14-10-27-59(65)60-28-11-15-32-66(60)91)43-26-44-81(85)95-78-41-24-20-37-71(78)92(72-38-21-25-42-79(72)95)67-33-16-12-29-61(67)62-30-13-17-34-68(62)92/h10-54H,1-9H3. The number of hydrogen-bond acceptors (Lipinski definition) is 3. The molecule has 14 aromatic rings. The Morgan fingerprint density at radius 3 is 1.14 bits per heavy atom. The quantitative estimate of drug-likeness (QED) is 0.165. The second-order valence-electron chi connectivity index (χ2n) is 31.1. The van der Waals surface area contributed by atoms with Crippen molar-refractivity contribution in [1.82, 2.24) is 4.57 Å². The van der Waals surface area contributed by atoms with Crippen molar-refractivity contribution in [2.45, 2.75) is 89.4 Å². The first-order valence-electron chi connectivity index (χ1n) is 34.7. The fraction of sp³-hybridized carbons (Fsp3) is 0.152. The maximum absolute atomic E-state index is 7.73. The molecule has 1 aromatic heterocycles. The molecule has 6 aliphatic rings. The third kappa shape index (κ3) is 7.34. The molecule has 0 saturated heterocycles. The van der Waals surface area contributed by atoms with Gasteiger partial charge in [-0.15, -0.1) is 0 Å². The summed E-state index contributed by atoms with van der Waals surface area (Å²) in [6.45, 7) is 21.0. The smallest absolute Gasteiger partial charge is 0.256 e. The maximum Gasteiger partial charge on any atom is 0.256 e. The molecule has 0 bridgehead atoms. The van der Waals surface area contributed by atoms with Gasteiger partial charge in [-0.25, -0.2) is 0 Å². The van der Waals surface area contributed by atoms with Crippen molar-refractivity contribution in [2.24, 2.45) is 0 Å². The fourth-order valence-electron chi connectivity index (χ4n) is 18.6. The van der Waals surface area contributed by atoms with E-state index in [4.69, 9.17) is 4.74 Å². The van der Waals surface area contributed by atoms with E-state index in [0.717, 1.165) is 62.4 Å². The lowest BCUT2D eigenvalue weighted by Crippen LogP contribution is -2.58. The Balaban J connectivity index is 0.926. The van der Waals surface area contributed by atoms with Gasteiger partial charge in [0.1, 0.15) is 11.5 Å². The van der Waals surface area contributed by atoms with Crippen LogP contribution in [0.1, 0.15) is 124 Å². The highest BCUT2D eigenvalue weighted by Crippen LogP contribution is 2.67. The Labute approximate surface area is 568 Å². The molecule has 97 heavy (non-hydrogen) atoms. The van der Waals surface area contributed by atoms with Crippen LogP contribution in [0.25, 0.3) is 60.9 Å². The first-order chi connectivity index (χ1) is 47.0. The van der Waals surface area contributed by atoms with E-state index >= 15 is 0 Å². The summed E-state index contributed by atoms with van der Waals surface area (Å²) in [6, 6.07) is 105. The van der Waals surface area contributed by atoms with Gasteiger partial charge in [0.25, 0.3) is 6.71 Å². The normalized spacial score (nSPS) is 15.0. The lowest BCUT2D eigenvalue weighted by Gasteiger charge is -2.47. The predicted molar refractivity (Wildman–Crippen MR) is 405 cm³/mol. The van der Waals surface area contributed by atoms with Crippen LogP contribution >= 0.6 is 0 Å². The van der Waals surface area contributed by atoms with E-state index < -0.39 is 10.8 Å². The average Bonchev–Trinajstić information content (AvgIpc) is 1.45. The lowest BCUT2D eigenvalue weighted by molar-refractivity contribution is 0.486. The van der Waals surface area contributed by atoms with Crippen LogP contribution in [0, 0.1) is 0 Å². The van der Waals surface area contributed by atoms with Crippen LogP contribution in [0.3, 0.4) is 0 Å². The third-order valence-corrected chi connectivity index (χ3v) is 22.9. The van der Waals surface area contributed by atoms with E-state index in [-0.39, 0.29) is 23.0 Å². The first-order valence-corrected chi connectivity index (χ1v) is 34.7. The molecule has 0 radical (unpaired) electrons. The van der Waals surface area contributed by atoms with Crippen LogP contribution in [-0.2, 0) is 27.1 Å². The molecule has 464 valence electrons. The molecule has 2 spiro atoms. The topological polar surface area (TPSA) is 20.6 Å². The predicted octanol–water partition coefficient (Wildman–Crippen LogP) is 21.6. The van der Waals surface area contributed by atoms with E-state index in [1.165, 1.54) is 122 Å². The number of aromatic nitrogens is 1. The van der Waals surface area contributed by atoms with Gasteiger partial charge >= 0.3 is 0 Å². The number of anilines is 6. The second-order valence-corrected chi connectivity index (χ2v) is 31.1. The van der Waals surface area contributed by atoms with Crippen molar-refractivity contribution in [3.05, 3.63) is 334 Å². The summed E-state index contributed by atoms with van der Waals surface area (Å²) in [5.41, 5.74) is 33.9. The zero-order valence-electron chi connectivity index (χ0n) is 56.3. The molecule has 0 fully saturated rings. The van der Waals surface area contributed by atoms with Gasteiger partial charge in [0.05, 0.1) is 50.5 Å². The molecule has 0 saturated carbocycles. The number of nitrogens with zero attached hydrogens (tertiary/aromatic N) is 3. The van der Waals surface area contributed by atoms with E-state index in [0.29, 0.717) is 0 Å². The van der Waals surface area contributed by atoms with Crippen LogP contribution in [0.4, 0.5) is 34.1 Å². The number of para-hydroxylation sites is 4. The van der Waals surface area contributed by atoms with Crippen LogP contribution in [0.2, 0.25) is 0 Å². The van der Waals surface area contributed by atoms with E-state index in [2.05, 4.69) is 350 Å². The van der Waals surface area contributed by atoms with E-state index in [1.807, 2.05) is 0 Å². The number of ether oxygens (including phenoxy) is 1. The fourth-order valence-corrected chi connectivity index (χ4v) is 18.6. The van der Waals surface area contributed by atoms with Crippen molar-refractivity contribution in [3.63, 3.8) is 0 Å². The monoisotopic (exact) mass is 1250 g/mol. The summed E-state index contributed by atoms with van der Waals surface area (Å²) >= 11 is 0. The molecule has 20 rings (SSSR count).